The molecule has 3 aromatic rings. The summed E-state index contributed by atoms with van der Waals surface area (Å²) >= 11 is 0. The number of carbonyl (C=O) groups is 2. The predicted molar refractivity (Wildman–Crippen MR) is 155 cm³/mol. The largest absolute Gasteiger partial charge is 0.494 e. The van der Waals surface area contributed by atoms with Crippen LogP contribution in [0.3, 0.4) is 0 Å². The highest BCUT2D eigenvalue weighted by Crippen LogP contribution is 2.36. The van der Waals surface area contributed by atoms with E-state index in [2.05, 4.69) is 5.32 Å². The van der Waals surface area contributed by atoms with Gasteiger partial charge in [0.25, 0.3) is 5.91 Å². The first kappa shape index (κ1) is 28.6. The van der Waals surface area contributed by atoms with Gasteiger partial charge in [0.1, 0.15) is 11.5 Å². The molecule has 2 aliphatic rings. The molecule has 1 N–H and O–H groups in total. The number of hydrogen-bond acceptors (Lipinski definition) is 6. The van der Waals surface area contributed by atoms with Gasteiger partial charge < -0.3 is 19.7 Å². The summed E-state index contributed by atoms with van der Waals surface area (Å²) in [5.74, 6) is -0.00522. The van der Waals surface area contributed by atoms with Gasteiger partial charge in [0.05, 0.1) is 29.7 Å². The SMILES string of the molecule is CCOc1ccc(S(=O)(=O)N2CCCC(C(=O)N3CC(C(=O)NCc4ccccc4)Oc4ccccc43)C2)cc1C. The van der Waals surface area contributed by atoms with Crippen molar-refractivity contribution in [1.29, 1.82) is 0 Å². The van der Waals surface area contributed by atoms with Crippen molar-refractivity contribution in [2.24, 2.45) is 5.92 Å². The molecule has 1 saturated heterocycles. The number of carbonyl (C=O) groups excluding carboxylic acids is 2. The first-order valence-electron chi connectivity index (χ1n) is 13.9. The summed E-state index contributed by atoms with van der Waals surface area (Å²) in [6.45, 7) is 4.97. The van der Waals surface area contributed by atoms with Crippen molar-refractivity contribution in [3.8, 4) is 11.5 Å². The minimum absolute atomic E-state index is 0.0395. The summed E-state index contributed by atoms with van der Waals surface area (Å²) in [7, 11) is -3.81. The quantitative estimate of drug-likeness (QED) is 0.436. The van der Waals surface area contributed by atoms with Gasteiger partial charge in [0, 0.05) is 19.6 Å². The number of para-hydroxylation sites is 2. The highest BCUT2D eigenvalue weighted by molar-refractivity contribution is 7.89. The van der Waals surface area contributed by atoms with E-state index in [0.29, 0.717) is 49.7 Å². The van der Waals surface area contributed by atoms with Crippen LogP contribution in [0.5, 0.6) is 11.5 Å². The van der Waals surface area contributed by atoms with Gasteiger partial charge in [0.15, 0.2) is 6.10 Å². The molecule has 0 radical (unpaired) electrons. The molecule has 2 amide bonds. The second-order valence-electron chi connectivity index (χ2n) is 10.3. The van der Waals surface area contributed by atoms with E-state index in [1.54, 1.807) is 41.3 Å². The summed E-state index contributed by atoms with van der Waals surface area (Å²) in [6.07, 6.45) is 0.212. The summed E-state index contributed by atoms with van der Waals surface area (Å²) in [5.41, 5.74) is 2.27. The van der Waals surface area contributed by atoms with Crippen molar-refractivity contribution >= 4 is 27.5 Å². The second kappa shape index (κ2) is 12.3. The first-order valence-corrected chi connectivity index (χ1v) is 15.3. The Morgan fingerprint density at radius 3 is 2.54 bits per heavy atom. The lowest BCUT2D eigenvalue weighted by Crippen LogP contribution is -2.53. The van der Waals surface area contributed by atoms with Crippen molar-refractivity contribution in [2.45, 2.75) is 44.2 Å². The number of hydrogen-bond donors (Lipinski definition) is 1. The molecule has 0 saturated carbocycles. The Morgan fingerprint density at radius 1 is 1.02 bits per heavy atom. The van der Waals surface area contributed by atoms with Crippen LogP contribution in [0.1, 0.15) is 30.9 Å². The number of ether oxygens (including phenoxy) is 2. The van der Waals surface area contributed by atoms with Crippen LogP contribution >= 0.6 is 0 Å². The maximum absolute atomic E-state index is 13.9. The van der Waals surface area contributed by atoms with Crippen molar-refractivity contribution in [3.63, 3.8) is 0 Å². The zero-order chi connectivity index (χ0) is 29.0. The third-order valence-electron chi connectivity index (χ3n) is 7.46. The fourth-order valence-electron chi connectivity index (χ4n) is 5.31. The minimum Gasteiger partial charge on any atom is -0.494 e. The van der Waals surface area contributed by atoms with Crippen molar-refractivity contribution in [1.82, 2.24) is 9.62 Å². The average molecular weight is 578 g/mol. The fourth-order valence-corrected chi connectivity index (χ4v) is 6.92. The third-order valence-corrected chi connectivity index (χ3v) is 9.32. The lowest BCUT2D eigenvalue weighted by atomic mass is 9.97. The number of amides is 2. The average Bonchev–Trinajstić information content (AvgIpc) is 3.00. The number of rotatable bonds is 8. The smallest absolute Gasteiger partial charge is 0.263 e. The second-order valence-corrected chi connectivity index (χ2v) is 12.2. The summed E-state index contributed by atoms with van der Waals surface area (Å²) in [6, 6.07) is 21.5. The molecule has 0 bridgehead atoms. The van der Waals surface area contributed by atoms with Gasteiger partial charge in [-0.3, -0.25) is 9.59 Å². The number of anilines is 1. The molecule has 9 nitrogen and oxygen atoms in total. The van der Waals surface area contributed by atoms with E-state index in [1.165, 1.54) is 4.31 Å². The predicted octanol–water partition coefficient (Wildman–Crippen LogP) is 3.91. The summed E-state index contributed by atoms with van der Waals surface area (Å²) < 4.78 is 40.1. The normalized spacial score (nSPS) is 19.1. The Balaban J connectivity index is 1.32. The van der Waals surface area contributed by atoms with Gasteiger partial charge in [-0.1, -0.05) is 42.5 Å². The van der Waals surface area contributed by atoms with E-state index >= 15 is 0 Å². The van der Waals surface area contributed by atoms with Crippen LogP contribution < -0.4 is 19.7 Å². The molecule has 3 aromatic carbocycles. The van der Waals surface area contributed by atoms with Crippen LogP contribution in [0.25, 0.3) is 0 Å². The summed E-state index contributed by atoms with van der Waals surface area (Å²) in [5, 5.41) is 2.90. The molecule has 0 aromatic heterocycles. The van der Waals surface area contributed by atoms with Gasteiger partial charge in [-0.2, -0.15) is 4.31 Å². The fraction of sp³-hybridized carbons (Fsp3) is 0.355. The zero-order valence-corrected chi connectivity index (χ0v) is 24.1. The standard InChI is InChI=1S/C31H35N3O6S/c1-3-39-27-16-15-25(18-22(27)2)41(37,38)33-17-9-12-24(20-33)31(36)34-21-29(40-28-14-8-7-13-26(28)34)30(35)32-19-23-10-5-4-6-11-23/h4-8,10-11,13-16,18,24,29H,3,9,12,17,19-21H2,1-2H3,(H,32,35). The minimum atomic E-state index is -3.81. The number of aryl methyl sites for hydroxylation is 1. The Bertz CT molecular complexity index is 1510. The molecule has 2 heterocycles. The molecule has 10 heteroatoms. The lowest BCUT2D eigenvalue weighted by molar-refractivity contribution is -0.129. The van der Waals surface area contributed by atoms with E-state index < -0.39 is 22.0 Å². The molecule has 2 aliphatic heterocycles. The molecule has 0 spiro atoms. The maximum Gasteiger partial charge on any atom is 0.263 e. The number of benzene rings is 3. The van der Waals surface area contributed by atoms with E-state index in [1.807, 2.05) is 50.2 Å². The lowest BCUT2D eigenvalue weighted by Gasteiger charge is -2.38. The summed E-state index contributed by atoms with van der Waals surface area (Å²) in [4.78, 5) is 28.8. The molecule has 0 aliphatic carbocycles. The Labute approximate surface area is 241 Å². The molecule has 2 unspecified atom stereocenters. The maximum atomic E-state index is 13.9. The highest BCUT2D eigenvalue weighted by Gasteiger charge is 2.39. The Morgan fingerprint density at radius 2 is 1.78 bits per heavy atom. The van der Waals surface area contributed by atoms with Gasteiger partial charge in [-0.05, 0) is 68.1 Å². The van der Waals surface area contributed by atoms with E-state index in [0.717, 1.165) is 11.1 Å². The number of sulfonamides is 1. The van der Waals surface area contributed by atoms with Crippen LogP contribution in [-0.4, -0.2) is 56.9 Å². The monoisotopic (exact) mass is 577 g/mol. The molecule has 41 heavy (non-hydrogen) atoms. The number of fused-ring (bicyclic) bond motifs is 1. The van der Waals surface area contributed by atoms with Gasteiger partial charge in [-0.25, -0.2) is 8.42 Å². The highest BCUT2D eigenvalue weighted by atomic mass is 32.2. The molecule has 216 valence electrons. The van der Waals surface area contributed by atoms with Crippen LogP contribution in [0.4, 0.5) is 5.69 Å². The van der Waals surface area contributed by atoms with Crippen molar-refractivity contribution in [3.05, 3.63) is 83.9 Å². The van der Waals surface area contributed by atoms with Crippen LogP contribution in [-0.2, 0) is 26.2 Å². The molecule has 2 atom stereocenters. The number of nitrogens with one attached hydrogen (secondary N) is 1. The molecule has 5 rings (SSSR count). The zero-order valence-electron chi connectivity index (χ0n) is 23.3. The number of nitrogens with zero attached hydrogens (tertiary/aromatic N) is 2. The third kappa shape index (κ3) is 6.23. The van der Waals surface area contributed by atoms with Crippen LogP contribution in [0.15, 0.2) is 77.7 Å². The number of piperidine rings is 1. The molecular weight excluding hydrogens is 542 g/mol. The van der Waals surface area contributed by atoms with Crippen molar-refractivity contribution in [2.75, 3.05) is 31.1 Å². The van der Waals surface area contributed by atoms with Gasteiger partial charge in [0.2, 0.25) is 15.9 Å². The molecule has 1 fully saturated rings. The Hall–Kier alpha value is -3.89. The van der Waals surface area contributed by atoms with E-state index in [-0.39, 0.29) is 29.8 Å². The Kier molecular flexibility index (Phi) is 8.60. The van der Waals surface area contributed by atoms with Crippen LogP contribution in [0, 0.1) is 12.8 Å². The van der Waals surface area contributed by atoms with Crippen LogP contribution in [0.2, 0.25) is 0 Å². The molecular formula is C31H35N3O6S. The van der Waals surface area contributed by atoms with E-state index in [4.69, 9.17) is 9.47 Å². The van der Waals surface area contributed by atoms with E-state index in [9.17, 15) is 18.0 Å². The van der Waals surface area contributed by atoms with Gasteiger partial charge >= 0.3 is 0 Å². The topological polar surface area (TPSA) is 105 Å². The first-order chi connectivity index (χ1) is 19.8. The van der Waals surface area contributed by atoms with Gasteiger partial charge in [-0.15, -0.1) is 0 Å². The van der Waals surface area contributed by atoms with Crippen molar-refractivity contribution < 1.29 is 27.5 Å².